The Kier molecular flexibility index (Phi) is 3.97. The molecule has 0 spiro atoms. The van der Waals surface area contributed by atoms with Crippen molar-refractivity contribution >= 4 is 15.9 Å². The monoisotopic (exact) mass is 323 g/mol. The van der Waals surface area contributed by atoms with Crippen LogP contribution in [-0.4, -0.2) is 35.5 Å². The van der Waals surface area contributed by atoms with Gasteiger partial charge in [0.25, 0.3) is 0 Å². The maximum absolute atomic E-state index is 6.10. The van der Waals surface area contributed by atoms with E-state index < -0.39 is 0 Å². The molecule has 2 heterocycles. The van der Waals surface area contributed by atoms with Gasteiger partial charge in [-0.1, -0.05) is 46.3 Å². The largest absolute Gasteiger partial charge is 0.375 e. The number of piperidine rings is 1. The molecule has 0 saturated carbocycles. The minimum absolute atomic E-state index is 0.326. The number of ether oxygens (including phenoxy) is 1. The van der Waals surface area contributed by atoms with E-state index in [9.17, 15) is 0 Å². The van der Waals surface area contributed by atoms with E-state index in [-0.39, 0.29) is 0 Å². The molecule has 0 unspecified atom stereocenters. The van der Waals surface area contributed by atoms with E-state index in [1.54, 1.807) is 0 Å². The number of rotatable bonds is 3. The van der Waals surface area contributed by atoms with E-state index >= 15 is 0 Å². The highest BCUT2D eigenvalue weighted by atomic mass is 79.9. The molecule has 2 aliphatic rings. The van der Waals surface area contributed by atoms with Gasteiger partial charge < -0.3 is 4.74 Å². The van der Waals surface area contributed by atoms with Gasteiger partial charge in [0.05, 0.1) is 12.2 Å². The summed E-state index contributed by atoms with van der Waals surface area (Å²) in [4.78, 5) is 2.59. The van der Waals surface area contributed by atoms with E-state index in [0.717, 1.165) is 25.0 Å². The van der Waals surface area contributed by atoms with E-state index in [1.807, 2.05) is 0 Å². The summed E-state index contributed by atoms with van der Waals surface area (Å²) in [6.07, 6.45) is 3.23. The lowest BCUT2D eigenvalue weighted by atomic mass is 9.77. The molecule has 2 nitrogen and oxygen atoms in total. The van der Waals surface area contributed by atoms with Gasteiger partial charge in [0.15, 0.2) is 0 Å². The fourth-order valence-corrected chi connectivity index (χ4v) is 4.47. The lowest BCUT2D eigenvalue weighted by Crippen LogP contribution is -2.50. The molecule has 104 valence electrons. The van der Waals surface area contributed by atoms with Crippen molar-refractivity contribution in [2.75, 3.05) is 18.4 Å². The summed E-state index contributed by atoms with van der Waals surface area (Å²) in [5, 5.41) is 1.06. The van der Waals surface area contributed by atoms with Crippen LogP contribution in [-0.2, 0) is 11.3 Å². The molecule has 0 bridgehead atoms. The molecule has 2 saturated heterocycles. The first kappa shape index (κ1) is 13.6. The SMILES string of the molecule is C[C@@H]1C[C@]2(CBr)CN(Cc3ccccc3)CC[C@H]2O1. The molecule has 1 aromatic rings. The summed E-state index contributed by atoms with van der Waals surface area (Å²) < 4.78 is 6.10. The van der Waals surface area contributed by atoms with Gasteiger partial charge >= 0.3 is 0 Å². The molecule has 2 aliphatic heterocycles. The van der Waals surface area contributed by atoms with Gasteiger partial charge in [-0.15, -0.1) is 0 Å². The lowest BCUT2D eigenvalue weighted by Gasteiger charge is -2.42. The molecule has 0 N–H and O–H groups in total. The Labute approximate surface area is 124 Å². The minimum Gasteiger partial charge on any atom is -0.375 e. The van der Waals surface area contributed by atoms with Crippen LogP contribution in [0.1, 0.15) is 25.3 Å². The van der Waals surface area contributed by atoms with E-state index in [4.69, 9.17) is 4.74 Å². The zero-order valence-corrected chi connectivity index (χ0v) is 13.1. The third-order valence-corrected chi connectivity index (χ3v) is 5.65. The van der Waals surface area contributed by atoms with Gasteiger partial charge in [-0.25, -0.2) is 0 Å². The van der Waals surface area contributed by atoms with Crippen molar-refractivity contribution in [3.8, 4) is 0 Å². The molecule has 1 aromatic carbocycles. The van der Waals surface area contributed by atoms with Crippen LogP contribution in [0.4, 0.5) is 0 Å². The summed E-state index contributed by atoms with van der Waals surface area (Å²) in [5.74, 6) is 0. The van der Waals surface area contributed by atoms with Crippen molar-refractivity contribution in [3.63, 3.8) is 0 Å². The first-order valence-electron chi connectivity index (χ1n) is 7.19. The fraction of sp³-hybridized carbons (Fsp3) is 0.625. The van der Waals surface area contributed by atoms with Crippen molar-refractivity contribution < 1.29 is 4.74 Å². The summed E-state index contributed by atoms with van der Waals surface area (Å²) in [7, 11) is 0. The van der Waals surface area contributed by atoms with Gasteiger partial charge in [0.2, 0.25) is 0 Å². The quantitative estimate of drug-likeness (QED) is 0.790. The van der Waals surface area contributed by atoms with Crippen LogP contribution in [0.5, 0.6) is 0 Å². The highest BCUT2D eigenvalue weighted by Crippen LogP contribution is 2.45. The van der Waals surface area contributed by atoms with Crippen LogP contribution in [0, 0.1) is 5.41 Å². The van der Waals surface area contributed by atoms with E-state index in [1.165, 1.54) is 18.4 Å². The second kappa shape index (κ2) is 5.55. The molecule has 3 atom stereocenters. The Hall–Kier alpha value is -0.380. The fourth-order valence-electron chi connectivity index (χ4n) is 3.70. The van der Waals surface area contributed by atoms with Gasteiger partial charge in [-0.05, 0) is 25.3 Å². The van der Waals surface area contributed by atoms with Crippen LogP contribution in [0.3, 0.4) is 0 Å². The third-order valence-electron chi connectivity index (χ3n) is 4.53. The number of alkyl halides is 1. The number of likely N-dealkylation sites (tertiary alicyclic amines) is 1. The molecular formula is C16H22BrNO. The number of fused-ring (bicyclic) bond motifs is 1. The van der Waals surface area contributed by atoms with Crippen LogP contribution in [0.15, 0.2) is 30.3 Å². The first-order valence-corrected chi connectivity index (χ1v) is 8.32. The maximum Gasteiger partial charge on any atom is 0.0668 e. The van der Waals surface area contributed by atoms with Crippen molar-refractivity contribution in [2.45, 2.75) is 38.5 Å². The highest BCUT2D eigenvalue weighted by molar-refractivity contribution is 9.09. The molecule has 3 heteroatoms. The zero-order valence-electron chi connectivity index (χ0n) is 11.5. The predicted octanol–water partition coefficient (Wildman–Crippen LogP) is 3.45. The van der Waals surface area contributed by atoms with E-state index in [0.29, 0.717) is 17.6 Å². The second-order valence-electron chi connectivity index (χ2n) is 6.12. The van der Waals surface area contributed by atoms with E-state index in [2.05, 4.69) is 58.1 Å². The maximum atomic E-state index is 6.10. The Balaban J connectivity index is 1.70. The summed E-state index contributed by atoms with van der Waals surface area (Å²) in [6.45, 7) is 5.59. The number of benzene rings is 1. The number of halogens is 1. The molecule has 3 rings (SSSR count). The zero-order chi connectivity index (χ0) is 13.3. The Bertz CT molecular complexity index is 424. The normalized spacial score (nSPS) is 35.3. The third kappa shape index (κ3) is 2.74. The van der Waals surface area contributed by atoms with Crippen LogP contribution in [0.2, 0.25) is 0 Å². The Morgan fingerprint density at radius 3 is 2.89 bits per heavy atom. The summed E-state index contributed by atoms with van der Waals surface area (Å²) in [6, 6.07) is 10.8. The van der Waals surface area contributed by atoms with Crippen molar-refractivity contribution in [1.82, 2.24) is 4.90 Å². The van der Waals surface area contributed by atoms with Crippen LogP contribution >= 0.6 is 15.9 Å². The highest BCUT2D eigenvalue weighted by Gasteiger charge is 2.49. The Morgan fingerprint density at radius 2 is 2.16 bits per heavy atom. The van der Waals surface area contributed by atoms with Crippen LogP contribution in [0.25, 0.3) is 0 Å². The number of nitrogens with zero attached hydrogens (tertiary/aromatic N) is 1. The molecule has 0 aromatic heterocycles. The Morgan fingerprint density at radius 1 is 1.37 bits per heavy atom. The van der Waals surface area contributed by atoms with Gasteiger partial charge in [-0.2, -0.15) is 0 Å². The van der Waals surface area contributed by atoms with Crippen molar-refractivity contribution in [3.05, 3.63) is 35.9 Å². The van der Waals surface area contributed by atoms with Crippen molar-refractivity contribution in [2.24, 2.45) is 5.41 Å². The predicted molar refractivity (Wildman–Crippen MR) is 81.5 cm³/mol. The summed E-state index contributed by atoms with van der Waals surface area (Å²) >= 11 is 3.74. The van der Waals surface area contributed by atoms with Gasteiger partial charge in [-0.3, -0.25) is 4.90 Å². The molecule has 0 aliphatic carbocycles. The smallest absolute Gasteiger partial charge is 0.0668 e. The average molecular weight is 324 g/mol. The molecule has 0 radical (unpaired) electrons. The second-order valence-corrected chi connectivity index (χ2v) is 6.68. The first-order chi connectivity index (χ1) is 9.22. The molecular weight excluding hydrogens is 302 g/mol. The van der Waals surface area contributed by atoms with Gasteiger partial charge in [0, 0.05) is 30.4 Å². The average Bonchev–Trinajstić information content (AvgIpc) is 2.76. The molecule has 0 amide bonds. The topological polar surface area (TPSA) is 12.5 Å². The van der Waals surface area contributed by atoms with Crippen LogP contribution < -0.4 is 0 Å². The standard InChI is InChI=1S/C16H22BrNO/c1-13-9-16(11-17)12-18(8-7-15(16)19-13)10-14-5-3-2-4-6-14/h2-6,13,15H,7-12H2,1H3/t13-,15-,16+/m1/s1. The number of hydrogen-bond acceptors (Lipinski definition) is 2. The lowest BCUT2D eigenvalue weighted by molar-refractivity contribution is -0.0251. The minimum atomic E-state index is 0.326. The van der Waals surface area contributed by atoms with Crippen molar-refractivity contribution in [1.29, 1.82) is 0 Å². The number of hydrogen-bond donors (Lipinski definition) is 0. The molecule has 19 heavy (non-hydrogen) atoms. The molecule has 2 fully saturated rings. The summed E-state index contributed by atoms with van der Waals surface area (Å²) in [5.41, 5.74) is 1.74. The van der Waals surface area contributed by atoms with Gasteiger partial charge in [0.1, 0.15) is 0 Å².